The van der Waals surface area contributed by atoms with Gasteiger partial charge in [-0.3, -0.25) is 9.48 Å². The molecule has 3 aromatic rings. The van der Waals surface area contributed by atoms with E-state index < -0.39 is 5.82 Å². The molecule has 11 heteroatoms. The molecule has 2 heterocycles. The second-order valence-electron chi connectivity index (χ2n) is 6.89. The number of carbonyl (C=O) groups excluding carboxylic acids is 1. The number of hydrogen-bond acceptors (Lipinski definition) is 7. The Bertz CT molecular complexity index is 1100. The van der Waals surface area contributed by atoms with E-state index in [1.54, 1.807) is 30.2 Å². The van der Waals surface area contributed by atoms with E-state index in [0.29, 0.717) is 17.9 Å². The van der Waals surface area contributed by atoms with Crippen molar-refractivity contribution in [1.29, 1.82) is 0 Å². The molecular weight excluding hydrogens is 423 g/mol. The number of halogens is 2. The number of nitrogens with one attached hydrogen (secondary N) is 3. The average molecular weight is 445 g/mol. The Morgan fingerprint density at radius 1 is 1.26 bits per heavy atom. The summed E-state index contributed by atoms with van der Waals surface area (Å²) in [6.45, 7) is 0.630. The third-order valence-corrected chi connectivity index (χ3v) is 4.21. The van der Waals surface area contributed by atoms with Crippen LogP contribution in [0.1, 0.15) is 0 Å². The molecule has 0 aliphatic carbocycles. The Balaban J connectivity index is 1.74. The van der Waals surface area contributed by atoms with Crippen LogP contribution in [0.25, 0.3) is 0 Å². The first-order valence-electron chi connectivity index (χ1n) is 9.27. The molecule has 3 rings (SSSR count). The molecule has 0 spiro atoms. The van der Waals surface area contributed by atoms with Crippen LogP contribution in [0.2, 0.25) is 5.02 Å². The van der Waals surface area contributed by atoms with E-state index in [9.17, 15) is 9.18 Å². The number of aromatic nitrogens is 4. The molecule has 1 amide bonds. The van der Waals surface area contributed by atoms with E-state index in [1.807, 2.05) is 19.0 Å². The lowest BCUT2D eigenvalue weighted by Crippen LogP contribution is -2.13. The van der Waals surface area contributed by atoms with Crippen molar-refractivity contribution >= 4 is 46.3 Å². The molecule has 31 heavy (non-hydrogen) atoms. The third-order valence-electron chi connectivity index (χ3n) is 3.93. The van der Waals surface area contributed by atoms with Crippen molar-refractivity contribution in [3.05, 3.63) is 59.8 Å². The van der Waals surface area contributed by atoms with Gasteiger partial charge in [0.05, 0.1) is 23.8 Å². The fraction of sp³-hybridized carbons (Fsp3) is 0.200. The number of anilines is 5. The van der Waals surface area contributed by atoms with Crippen LogP contribution in [0, 0.1) is 5.82 Å². The van der Waals surface area contributed by atoms with Gasteiger partial charge in [0.2, 0.25) is 11.9 Å². The van der Waals surface area contributed by atoms with E-state index in [2.05, 4.69) is 31.0 Å². The molecule has 0 aliphatic heterocycles. The van der Waals surface area contributed by atoms with Gasteiger partial charge in [-0.15, -0.1) is 0 Å². The molecule has 0 saturated carbocycles. The maximum atomic E-state index is 14.4. The summed E-state index contributed by atoms with van der Waals surface area (Å²) in [4.78, 5) is 22.4. The molecule has 2 aromatic heterocycles. The molecular formula is C20H22ClFN8O. The van der Waals surface area contributed by atoms with Crippen LogP contribution in [-0.4, -0.2) is 51.2 Å². The quantitative estimate of drug-likeness (QED) is 0.457. The van der Waals surface area contributed by atoms with Crippen molar-refractivity contribution in [2.45, 2.75) is 0 Å². The number of amides is 1. The highest BCUT2D eigenvalue weighted by Gasteiger charge is 2.11. The van der Waals surface area contributed by atoms with E-state index >= 15 is 0 Å². The summed E-state index contributed by atoms with van der Waals surface area (Å²) in [6, 6.07) is 4.17. The highest BCUT2D eigenvalue weighted by molar-refractivity contribution is 6.32. The van der Waals surface area contributed by atoms with Crippen molar-refractivity contribution in [2.24, 2.45) is 7.05 Å². The minimum absolute atomic E-state index is 0.1000. The Hall–Kier alpha value is -3.50. The van der Waals surface area contributed by atoms with E-state index in [0.717, 1.165) is 0 Å². The van der Waals surface area contributed by atoms with Gasteiger partial charge in [-0.2, -0.15) is 10.1 Å². The average Bonchev–Trinajstić information content (AvgIpc) is 3.11. The largest absolute Gasteiger partial charge is 0.336 e. The maximum Gasteiger partial charge on any atom is 0.248 e. The lowest BCUT2D eigenvalue weighted by atomic mass is 10.2. The molecule has 0 radical (unpaired) electrons. The van der Waals surface area contributed by atoms with Gasteiger partial charge in [0, 0.05) is 31.6 Å². The van der Waals surface area contributed by atoms with Crippen LogP contribution < -0.4 is 16.0 Å². The number of carbonyl (C=O) groups is 1. The second-order valence-corrected chi connectivity index (χ2v) is 7.30. The predicted molar refractivity (Wildman–Crippen MR) is 120 cm³/mol. The van der Waals surface area contributed by atoms with Crippen molar-refractivity contribution in [3.8, 4) is 0 Å². The van der Waals surface area contributed by atoms with E-state index in [-0.39, 0.29) is 28.4 Å². The number of nitrogens with zero attached hydrogens (tertiary/aromatic N) is 5. The molecule has 0 saturated heterocycles. The van der Waals surface area contributed by atoms with E-state index in [4.69, 9.17) is 11.6 Å². The number of benzene rings is 1. The molecule has 9 nitrogen and oxygen atoms in total. The summed E-state index contributed by atoms with van der Waals surface area (Å²) >= 11 is 6.18. The normalized spacial score (nSPS) is 11.2. The maximum absolute atomic E-state index is 14.4. The monoisotopic (exact) mass is 444 g/mol. The first kappa shape index (κ1) is 22.2. The van der Waals surface area contributed by atoms with Crippen LogP contribution in [0.3, 0.4) is 0 Å². The lowest BCUT2D eigenvalue weighted by Gasteiger charge is -2.12. The van der Waals surface area contributed by atoms with Crippen LogP contribution in [0.4, 0.5) is 33.2 Å². The minimum Gasteiger partial charge on any atom is -0.336 e. The topological polar surface area (TPSA) is 100 Å². The van der Waals surface area contributed by atoms with Crippen molar-refractivity contribution in [2.75, 3.05) is 36.6 Å². The standard InChI is InChI=1S/C20H22ClFN8O/c1-29(2)8-4-5-18(31)25-13-6-7-16(22)17(9-13)27-19-15(21)11-23-20(28-19)26-14-10-24-30(3)12-14/h4-7,9-12H,8H2,1-3H3,(H,25,31)(H2,23,26,27,28)/b5-4+. The molecule has 162 valence electrons. The van der Waals surface area contributed by atoms with Crippen LogP contribution >= 0.6 is 11.6 Å². The fourth-order valence-corrected chi connectivity index (χ4v) is 2.65. The number of rotatable bonds is 8. The Labute approximate surface area is 183 Å². The Kier molecular flexibility index (Phi) is 7.16. The number of aryl methyl sites for hydroxylation is 1. The van der Waals surface area contributed by atoms with Gasteiger partial charge in [0.15, 0.2) is 5.82 Å². The minimum atomic E-state index is -0.530. The molecule has 0 atom stereocenters. The molecule has 0 bridgehead atoms. The fourth-order valence-electron chi connectivity index (χ4n) is 2.51. The zero-order valence-electron chi connectivity index (χ0n) is 17.2. The number of hydrogen-bond donors (Lipinski definition) is 3. The van der Waals surface area contributed by atoms with Gasteiger partial charge in [-0.1, -0.05) is 17.7 Å². The summed E-state index contributed by atoms with van der Waals surface area (Å²) in [5.41, 5.74) is 1.21. The SMILES string of the molecule is CN(C)C/C=C/C(=O)Nc1ccc(F)c(Nc2nc(Nc3cnn(C)c3)ncc2Cl)c1. The third kappa shape index (κ3) is 6.49. The number of likely N-dealkylation sites (N-methyl/N-ethyl adjacent to an activating group) is 1. The molecule has 3 N–H and O–H groups in total. The molecule has 0 fully saturated rings. The molecule has 0 aliphatic rings. The Morgan fingerprint density at radius 3 is 2.77 bits per heavy atom. The Morgan fingerprint density at radius 2 is 2.06 bits per heavy atom. The summed E-state index contributed by atoms with van der Waals surface area (Å²) in [5, 5.41) is 12.8. The van der Waals surface area contributed by atoms with Gasteiger partial charge in [0.25, 0.3) is 0 Å². The predicted octanol–water partition coefficient (Wildman–Crippen LogP) is 3.55. The van der Waals surface area contributed by atoms with Crippen molar-refractivity contribution in [1.82, 2.24) is 24.6 Å². The van der Waals surface area contributed by atoms with E-state index in [1.165, 1.54) is 30.5 Å². The van der Waals surface area contributed by atoms with Crippen molar-refractivity contribution in [3.63, 3.8) is 0 Å². The summed E-state index contributed by atoms with van der Waals surface area (Å²) < 4.78 is 16.0. The van der Waals surface area contributed by atoms with Crippen LogP contribution in [0.15, 0.2) is 48.9 Å². The van der Waals surface area contributed by atoms with Crippen LogP contribution in [-0.2, 0) is 11.8 Å². The smallest absolute Gasteiger partial charge is 0.248 e. The van der Waals surface area contributed by atoms with Gasteiger partial charge < -0.3 is 20.9 Å². The van der Waals surface area contributed by atoms with Crippen LogP contribution in [0.5, 0.6) is 0 Å². The van der Waals surface area contributed by atoms with Gasteiger partial charge in [0.1, 0.15) is 10.8 Å². The second kappa shape index (κ2) is 10.0. The summed E-state index contributed by atoms with van der Waals surface area (Å²) in [5.74, 6) is -0.382. The zero-order chi connectivity index (χ0) is 22.4. The van der Waals surface area contributed by atoms with Gasteiger partial charge in [-0.05, 0) is 32.3 Å². The first-order valence-corrected chi connectivity index (χ1v) is 9.65. The zero-order valence-corrected chi connectivity index (χ0v) is 18.0. The molecule has 1 aromatic carbocycles. The van der Waals surface area contributed by atoms with Gasteiger partial charge in [-0.25, -0.2) is 9.37 Å². The molecule has 0 unspecified atom stereocenters. The highest BCUT2D eigenvalue weighted by atomic mass is 35.5. The van der Waals surface area contributed by atoms with Crippen molar-refractivity contribution < 1.29 is 9.18 Å². The first-order chi connectivity index (χ1) is 14.8. The van der Waals surface area contributed by atoms with Gasteiger partial charge >= 0.3 is 0 Å². The summed E-state index contributed by atoms with van der Waals surface area (Å²) in [6.07, 6.45) is 7.92. The highest BCUT2D eigenvalue weighted by Crippen LogP contribution is 2.28. The lowest BCUT2D eigenvalue weighted by molar-refractivity contribution is -0.111. The summed E-state index contributed by atoms with van der Waals surface area (Å²) in [7, 11) is 5.58.